The van der Waals surface area contributed by atoms with E-state index in [1.54, 1.807) is 0 Å². The van der Waals surface area contributed by atoms with Crippen molar-refractivity contribution in [2.45, 2.75) is 109 Å². The fourth-order valence-corrected chi connectivity index (χ4v) is 9.08. The van der Waals surface area contributed by atoms with E-state index in [-0.39, 0.29) is 0 Å². The van der Waals surface area contributed by atoms with E-state index in [1.807, 2.05) is 0 Å². The van der Waals surface area contributed by atoms with Gasteiger partial charge in [-0.3, -0.25) is 4.90 Å². The molecule has 0 N–H and O–H groups in total. The molecule has 4 heteroatoms. The smallest absolute Gasteiger partial charge is 0.118 e. The van der Waals surface area contributed by atoms with Crippen molar-refractivity contribution >= 4 is 0 Å². The van der Waals surface area contributed by atoms with E-state index in [9.17, 15) is 0 Å². The molecule has 208 valence electrons. The Morgan fingerprint density at radius 1 is 0.784 bits per heavy atom. The largest absolute Gasteiger partial charge is 0.362 e. The number of allylic oxidation sites excluding steroid dienone is 3. The summed E-state index contributed by atoms with van der Waals surface area (Å²) in [6, 6.07) is 0.762. The van der Waals surface area contributed by atoms with Gasteiger partial charge in [-0.25, -0.2) is 0 Å². The van der Waals surface area contributed by atoms with Gasteiger partial charge in [-0.1, -0.05) is 37.0 Å². The monoisotopic (exact) mass is 510 g/mol. The van der Waals surface area contributed by atoms with Crippen LogP contribution in [0.4, 0.5) is 0 Å². The molecule has 0 aromatic carbocycles. The molecular weight excluding hydrogens is 456 g/mol. The Hall–Kier alpha value is -1.10. The first-order valence-corrected chi connectivity index (χ1v) is 15.6. The Kier molecular flexibility index (Phi) is 9.53. The summed E-state index contributed by atoms with van der Waals surface area (Å²) >= 11 is 0. The van der Waals surface area contributed by atoms with E-state index in [0.29, 0.717) is 35.9 Å². The fraction of sp³-hybridized carbons (Fsp3) is 0.818. The molecule has 0 spiro atoms. The molecule has 5 fully saturated rings. The van der Waals surface area contributed by atoms with Crippen molar-refractivity contribution in [2.24, 2.45) is 35.5 Å². The number of rotatable bonds is 8. The predicted molar refractivity (Wildman–Crippen MR) is 153 cm³/mol. The molecule has 3 aliphatic carbocycles. The highest BCUT2D eigenvalue weighted by atomic mass is 16.5. The van der Waals surface area contributed by atoms with Crippen LogP contribution in [0.15, 0.2) is 37.1 Å². The average Bonchev–Trinajstić information content (AvgIpc) is 2.89. The molecule has 0 bridgehead atoms. The Bertz CT molecular complexity index is 785. The standard InChI is InChI=1S/C33H54N2O2/c1-5-10-27-15-25(17-29-20-34(19-24(3)4)22-36-32(27)29)14-26-16-28(11-6-2)33-30(18-26)21-35(23-37-33)31-12-8-7-9-13-31/h5-6,19,25-33H,1-2,7-18,20-23H2,3-4H3. The lowest BCUT2D eigenvalue weighted by atomic mass is 9.64. The molecule has 2 saturated heterocycles. The third kappa shape index (κ3) is 6.73. The van der Waals surface area contributed by atoms with Crippen LogP contribution in [-0.4, -0.2) is 54.6 Å². The first-order valence-electron chi connectivity index (χ1n) is 15.6. The quantitative estimate of drug-likeness (QED) is 0.318. The number of hydrogen-bond acceptors (Lipinski definition) is 4. The van der Waals surface area contributed by atoms with Gasteiger partial charge in [-0.2, -0.15) is 0 Å². The highest BCUT2D eigenvalue weighted by Crippen LogP contribution is 2.47. The van der Waals surface area contributed by atoms with Crippen LogP contribution in [0.1, 0.15) is 90.9 Å². The van der Waals surface area contributed by atoms with Crippen LogP contribution in [-0.2, 0) is 9.47 Å². The zero-order valence-corrected chi connectivity index (χ0v) is 23.9. The molecule has 8 unspecified atom stereocenters. The summed E-state index contributed by atoms with van der Waals surface area (Å²) in [6.07, 6.45) is 23.4. The van der Waals surface area contributed by atoms with Crippen LogP contribution in [0.3, 0.4) is 0 Å². The lowest BCUT2D eigenvalue weighted by Crippen LogP contribution is -2.54. The van der Waals surface area contributed by atoms with Crippen molar-refractivity contribution in [1.82, 2.24) is 9.80 Å². The van der Waals surface area contributed by atoms with Crippen LogP contribution in [0.5, 0.6) is 0 Å². The summed E-state index contributed by atoms with van der Waals surface area (Å²) in [5, 5.41) is 0. The minimum atomic E-state index is 0.413. The van der Waals surface area contributed by atoms with Crippen LogP contribution in [0.2, 0.25) is 0 Å². The summed E-state index contributed by atoms with van der Waals surface area (Å²) in [5.74, 6) is 4.27. The minimum Gasteiger partial charge on any atom is -0.362 e. The zero-order chi connectivity index (χ0) is 25.8. The highest BCUT2D eigenvalue weighted by molar-refractivity contribution is 5.00. The molecule has 37 heavy (non-hydrogen) atoms. The number of fused-ring (bicyclic) bond motifs is 2. The van der Waals surface area contributed by atoms with Crippen molar-refractivity contribution in [1.29, 1.82) is 0 Å². The van der Waals surface area contributed by atoms with E-state index < -0.39 is 0 Å². The maximum Gasteiger partial charge on any atom is 0.118 e. The molecule has 2 heterocycles. The lowest BCUT2D eigenvalue weighted by molar-refractivity contribution is -0.163. The van der Waals surface area contributed by atoms with Crippen LogP contribution in [0, 0.1) is 35.5 Å². The lowest BCUT2D eigenvalue weighted by Gasteiger charge is -2.51. The van der Waals surface area contributed by atoms with E-state index in [4.69, 9.17) is 9.47 Å². The van der Waals surface area contributed by atoms with Crippen LogP contribution >= 0.6 is 0 Å². The predicted octanol–water partition coefficient (Wildman–Crippen LogP) is 7.39. The third-order valence-corrected chi connectivity index (χ3v) is 10.3. The Morgan fingerprint density at radius 3 is 1.97 bits per heavy atom. The summed E-state index contributed by atoms with van der Waals surface area (Å²) in [7, 11) is 0. The topological polar surface area (TPSA) is 24.9 Å². The van der Waals surface area contributed by atoms with Crippen LogP contribution < -0.4 is 0 Å². The number of hydrogen-bond donors (Lipinski definition) is 0. The maximum absolute atomic E-state index is 6.65. The van der Waals surface area contributed by atoms with Crippen LogP contribution in [0.25, 0.3) is 0 Å². The molecule has 5 rings (SSSR count). The fourth-order valence-electron chi connectivity index (χ4n) is 9.08. The SMILES string of the molecule is C=CCC1CC(CC2CC(CC=C)C3OCN(C4CCCCC4)CC3C2)CC2CN(C=C(C)C)COC12. The molecule has 2 aliphatic heterocycles. The average molecular weight is 511 g/mol. The zero-order valence-electron chi connectivity index (χ0n) is 23.9. The second-order valence-corrected chi connectivity index (χ2v) is 13.6. The molecule has 5 aliphatic rings. The summed E-state index contributed by atoms with van der Waals surface area (Å²) in [4.78, 5) is 5.13. The van der Waals surface area contributed by atoms with E-state index in [1.165, 1.54) is 76.3 Å². The van der Waals surface area contributed by atoms with Gasteiger partial charge in [0.05, 0.1) is 18.9 Å². The summed E-state index contributed by atoms with van der Waals surface area (Å²) < 4.78 is 13.1. The third-order valence-electron chi connectivity index (χ3n) is 10.3. The van der Waals surface area contributed by atoms with Gasteiger partial charge in [-0.15, -0.1) is 13.2 Å². The van der Waals surface area contributed by atoms with E-state index in [2.05, 4.69) is 55.2 Å². The van der Waals surface area contributed by atoms with E-state index in [0.717, 1.165) is 50.7 Å². The second-order valence-electron chi connectivity index (χ2n) is 13.6. The van der Waals surface area contributed by atoms with Crippen molar-refractivity contribution in [3.63, 3.8) is 0 Å². The summed E-state index contributed by atoms with van der Waals surface area (Å²) in [5.41, 5.74) is 1.36. The first kappa shape index (κ1) is 27.5. The Morgan fingerprint density at radius 2 is 1.38 bits per heavy atom. The van der Waals surface area contributed by atoms with Crippen molar-refractivity contribution in [3.8, 4) is 0 Å². The highest BCUT2D eigenvalue weighted by Gasteiger charge is 2.45. The van der Waals surface area contributed by atoms with Gasteiger partial charge in [0.25, 0.3) is 0 Å². The molecule has 8 atom stereocenters. The van der Waals surface area contributed by atoms with Gasteiger partial charge in [0.1, 0.15) is 6.73 Å². The molecular formula is C33H54N2O2. The first-order chi connectivity index (χ1) is 18.0. The Labute approximate surface area is 227 Å². The van der Waals surface area contributed by atoms with Gasteiger partial charge < -0.3 is 14.4 Å². The number of ether oxygens (including phenoxy) is 2. The molecule has 4 nitrogen and oxygen atoms in total. The van der Waals surface area contributed by atoms with Crippen molar-refractivity contribution in [2.75, 3.05) is 26.6 Å². The maximum atomic E-state index is 6.65. The van der Waals surface area contributed by atoms with Crippen molar-refractivity contribution in [3.05, 3.63) is 37.1 Å². The van der Waals surface area contributed by atoms with Gasteiger partial charge >= 0.3 is 0 Å². The number of nitrogens with zero attached hydrogens (tertiary/aromatic N) is 2. The van der Waals surface area contributed by atoms with Gasteiger partial charge in [0, 0.05) is 25.0 Å². The van der Waals surface area contributed by atoms with Gasteiger partial charge in [0.2, 0.25) is 0 Å². The molecule has 0 radical (unpaired) electrons. The minimum absolute atomic E-state index is 0.413. The van der Waals surface area contributed by atoms with Crippen molar-refractivity contribution < 1.29 is 9.47 Å². The normalized spacial score (nSPS) is 39.4. The molecule has 0 amide bonds. The molecule has 0 aromatic heterocycles. The van der Waals surface area contributed by atoms with E-state index >= 15 is 0 Å². The molecule has 3 saturated carbocycles. The summed E-state index contributed by atoms with van der Waals surface area (Å²) in [6.45, 7) is 16.6. The molecule has 0 aromatic rings. The van der Waals surface area contributed by atoms with Gasteiger partial charge in [-0.05, 0) is 107 Å². The van der Waals surface area contributed by atoms with Gasteiger partial charge in [0.15, 0.2) is 0 Å². The Balaban J connectivity index is 1.24. The second kappa shape index (κ2) is 12.8.